The average Bonchev–Trinajstić information content (AvgIpc) is 2.70. The van der Waals surface area contributed by atoms with E-state index < -0.39 is 5.91 Å². The van der Waals surface area contributed by atoms with Crippen molar-refractivity contribution in [3.63, 3.8) is 0 Å². The zero-order valence-corrected chi connectivity index (χ0v) is 15.6. The number of carbonyl (C=O) groups is 2. The number of rotatable bonds is 4. The lowest BCUT2D eigenvalue weighted by Crippen LogP contribution is -2.17. The Bertz CT molecular complexity index is 1090. The average molecular weight is 391 g/mol. The Kier molecular flexibility index (Phi) is 5.68. The third-order valence-corrected chi connectivity index (χ3v) is 4.20. The second-order valence-corrected chi connectivity index (χ2v) is 6.42. The van der Waals surface area contributed by atoms with E-state index in [0.29, 0.717) is 27.5 Å². The second kappa shape index (κ2) is 8.33. The van der Waals surface area contributed by atoms with E-state index in [0.717, 1.165) is 5.56 Å². The van der Waals surface area contributed by atoms with Crippen molar-refractivity contribution in [2.45, 2.75) is 6.92 Å². The number of hydrogen-bond acceptors (Lipinski definition) is 4. The van der Waals surface area contributed by atoms with Gasteiger partial charge in [0, 0.05) is 28.2 Å². The van der Waals surface area contributed by atoms with E-state index in [1.54, 1.807) is 42.5 Å². The molecule has 2 amide bonds. The number of pyridine rings is 1. The minimum Gasteiger partial charge on any atom is -0.322 e. The molecule has 138 valence electrons. The summed E-state index contributed by atoms with van der Waals surface area (Å²) in [7, 11) is 0. The van der Waals surface area contributed by atoms with Gasteiger partial charge >= 0.3 is 0 Å². The topological polar surface area (TPSA) is 94.9 Å². The molecule has 0 spiro atoms. The zero-order chi connectivity index (χ0) is 20.1. The number of anilines is 2. The molecule has 0 atom stereocenters. The van der Waals surface area contributed by atoms with Gasteiger partial charge in [-0.15, -0.1) is 0 Å². The molecule has 0 unspecified atom stereocenters. The highest BCUT2D eigenvalue weighted by atomic mass is 35.5. The number of carbonyl (C=O) groups excluding carboxylic acids is 2. The Morgan fingerprint density at radius 1 is 1.00 bits per heavy atom. The van der Waals surface area contributed by atoms with Gasteiger partial charge in [0.05, 0.1) is 11.6 Å². The Labute approximate surface area is 166 Å². The first kappa shape index (κ1) is 19.1. The van der Waals surface area contributed by atoms with Crippen LogP contribution in [0.15, 0.2) is 60.8 Å². The van der Waals surface area contributed by atoms with E-state index >= 15 is 0 Å². The van der Waals surface area contributed by atoms with Gasteiger partial charge in [0.2, 0.25) is 0 Å². The van der Waals surface area contributed by atoms with Crippen LogP contribution in [0.5, 0.6) is 0 Å². The van der Waals surface area contributed by atoms with Crippen molar-refractivity contribution in [1.29, 1.82) is 5.26 Å². The van der Waals surface area contributed by atoms with Crippen molar-refractivity contribution in [2.24, 2.45) is 0 Å². The predicted octanol–water partition coefficient (Wildman–Crippen LogP) is 4.42. The van der Waals surface area contributed by atoms with Crippen LogP contribution in [0, 0.1) is 18.3 Å². The molecule has 1 aromatic heterocycles. The van der Waals surface area contributed by atoms with Crippen molar-refractivity contribution in [3.05, 3.63) is 88.2 Å². The highest BCUT2D eigenvalue weighted by Crippen LogP contribution is 2.20. The molecule has 2 aromatic carbocycles. The van der Waals surface area contributed by atoms with Crippen molar-refractivity contribution in [3.8, 4) is 6.07 Å². The standard InChI is InChI=1S/C21H15ClN4O2/c1-13-10-16(22)4-7-18(13)26-20(27)15-8-9-24-19(11-15)21(28)25-17-5-2-14(12-23)3-6-17/h2-11H,1H3,(H,25,28)(H,26,27). The molecule has 0 aliphatic heterocycles. The quantitative estimate of drug-likeness (QED) is 0.689. The largest absolute Gasteiger partial charge is 0.322 e. The molecule has 0 aliphatic carbocycles. The molecule has 0 bridgehead atoms. The summed E-state index contributed by atoms with van der Waals surface area (Å²) in [5, 5.41) is 14.9. The Morgan fingerprint density at radius 2 is 1.75 bits per heavy atom. The molecule has 3 rings (SSSR count). The Hall–Kier alpha value is -3.69. The molecule has 0 fully saturated rings. The van der Waals surface area contributed by atoms with Crippen LogP contribution in [0.25, 0.3) is 0 Å². The van der Waals surface area contributed by atoms with Gasteiger partial charge in [-0.3, -0.25) is 14.6 Å². The molecular weight excluding hydrogens is 376 g/mol. The number of aromatic nitrogens is 1. The SMILES string of the molecule is Cc1cc(Cl)ccc1NC(=O)c1ccnc(C(=O)Nc2ccc(C#N)cc2)c1. The number of hydrogen-bond donors (Lipinski definition) is 2. The minimum absolute atomic E-state index is 0.102. The highest BCUT2D eigenvalue weighted by Gasteiger charge is 2.13. The van der Waals surface area contributed by atoms with Crippen LogP contribution in [0.1, 0.15) is 32.0 Å². The van der Waals surface area contributed by atoms with Crippen LogP contribution < -0.4 is 10.6 Å². The summed E-state index contributed by atoms with van der Waals surface area (Å²) in [5.41, 5.74) is 2.88. The van der Waals surface area contributed by atoms with Crippen LogP contribution in [-0.4, -0.2) is 16.8 Å². The second-order valence-electron chi connectivity index (χ2n) is 5.99. The van der Waals surface area contributed by atoms with Gasteiger partial charge in [0.15, 0.2) is 0 Å². The van der Waals surface area contributed by atoms with Gasteiger partial charge in [0.25, 0.3) is 11.8 Å². The number of nitriles is 1. The number of benzene rings is 2. The fourth-order valence-corrected chi connectivity index (χ4v) is 2.71. The van der Waals surface area contributed by atoms with Gasteiger partial charge in [-0.05, 0) is 67.1 Å². The summed E-state index contributed by atoms with van der Waals surface area (Å²) >= 11 is 5.93. The monoisotopic (exact) mass is 390 g/mol. The van der Waals surface area contributed by atoms with Crippen LogP contribution in [0.4, 0.5) is 11.4 Å². The molecule has 2 N–H and O–H groups in total. The van der Waals surface area contributed by atoms with Crippen LogP contribution in [-0.2, 0) is 0 Å². The lowest BCUT2D eigenvalue weighted by Gasteiger charge is -2.10. The number of aryl methyl sites for hydroxylation is 1. The molecule has 0 saturated heterocycles. The summed E-state index contributed by atoms with van der Waals surface area (Å²) in [6.07, 6.45) is 1.40. The number of amides is 2. The zero-order valence-electron chi connectivity index (χ0n) is 14.9. The lowest BCUT2D eigenvalue weighted by atomic mass is 10.1. The normalized spacial score (nSPS) is 10.0. The van der Waals surface area contributed by atoms with Gasteiger partial charge < -0.3 is 10.6 Å². The molecule has 6 nitrogen and oxygen atoms in total. The third kappa shape index (κ3) is 4.53. The molecule has 7 heteroatoms. The van der Waals surface area contributed by atoms with E-state index in [9.17, 15) is 9.59 Å². The summed E-state index contributed by atoms with van der Waals surface area (Å²) < 4.78 is 0. The smallest absolute Gasteiger partial charge is 0.274 e. The first-order chi connectivity index (χ1) is 13.5. The fourth-order valence-electron chi connectivity index (χ4n) is 2.48. The maximum atomic E-state index is 12.5. The van der Waals surface area contributed by atoms with Crippen molar-refractivity contribution < 1.29 is 9.59 Å². The number of nitrogens with one attached hydrogen (secondary N) is 2. The van der Waals surface area contributed by atoms with Crippen LogP contribution in [0.3, 0.4) is 0 Å². The van der Waals surface area contributed by atoms with Gasteiger partial charge in [-0.2, -0.15) is 5.26 Å². The molecule has 0 saturated carbocycles. The van der Waals surface area contributed by atoms with Crippen LogP contribution >= 0.6 is 11.6 Å². The first-order valence-electron chi connectivity index (χ1n) is 8.31. The summed E-state index contributed by atoms with van der Waals surface area (Å²) in [4.78, 5) is 29.0. The maximum Gasteiger partial charge on any atom is 0.274 e. The van der Waals surface area contributed by atoms with Gasteiger partial charge in [-0.25, -0.2) is 0 Å². The van der Waals surface area contributed by atoms with Gasteiger partial charge in [0.1, 0.15) is 5.69 Å². The van der Waals surface area contributed by atoms with E-state index in [4.69, 9.17) is 16.9 Å². The third-order valence-electron chi connectivity index (χ3n) is 3.96. The lowest BCUT2D eigenvalue weighted by molar-refractivity contribution is 0.102. The van der Waals surface area contributed by atoms with Gasteiger partial charge in [-0.1, -0.05) is 11.6 Å². The maximum absolute atomic E-state index is 12.5. The van der Waals surface area contributed by atoms with Crippen LogP contribution in [0.2, 0.25) is 5.02 Å². The first-order valence-corrected chi connectivity index (χ1v) is 8.69. The number of nitrogens with zero attached hydrogens (tertiary/aromatic N) is 2. The minimum atomic E-state index is -0.456. The molecular formula is C21H15ClN4O2. The molecule has 0 radical (unpaired) electrons. The molecule has 3 aromatic rings. The van der Waals surface area contributed by atoms with E-state index in [1.807, 2.05) is 13.0 Å². The van der Waals surface area contributed by atoms with E-state index in [2.05, 4.69) is 15.6 Å². The Balaban J connectivity index is 1.74. The molecule has 28 heavy (non-hydrogen) atoms. The molecule has 1 heterocycles. The fraction of sp³-hybridized carbons (Fsp3) is 0.0476. The van der Waals surface area contributed by atoms with Crippen molar-refractivity contribution >= 4 is 34.8 Å². The summed E-state index contributed by atoms with van der Waals surface area (Å²) in [6.45, 7) is 1.84. The molecule has 0 aliphatic rings. The predicted molar refractivity (Wildman–Crippen MR) is 107 cm³/mol. The van der Waals surface area contributed by atoms with Crippen molar-refractivity contribution in [2.75, 3.05) is 10.6 Å². The number of halogens is 1. The summed E-state index contributed by atoms with van der Waals surface area (Å²) in [5.74, 6) is -0.817. The summed E-state index contributed by atoms with van der Waals surface area (Å²) in [6, 6.07) is 16.5. The van der Waals surface area contributed by atoms with Crippen molar-refractivity contribution in [1.82, 2.24) is 4.98 Å². The van der Waals surface area contributed by atoms with E-state index in [-0.39, 0.29) is 11.6 Å². The van der Waals surface area contributed by atoms with E-state index in [1.165, 1.54) is 18.3 Å². The Morgan fingerprint density at radius 3 is 2.43 bits per heavy atom. The highest BCUT2D eigenvalue weighted by molar-refractivity contribution is 6.30.